The third kappa shape index (κ3) is 4.38. The van der Waals surface area contributed by atoms with Crippen molar-refractivity contribution in [1.29, 1.82) is 0 Å². The molecule has 1 fully saturated rings. The molecule has 1 unspecified atom stereocenters. The highest BCUT2D eigenvalue weighted by Gasteiger charge is 2.35. The number of aromatic amines is 1. The van der Waals surface area contributed by atoms with Crippen LogP contribution in [0.15, 0.2) is 33.0 Å². The first kappa shape index (κ1) is 20.5. The Morgan fingerprint density at radius 2 is 2.13 bits per heavy atom. The second kappa shape index (κ2) is 8.95. The number of aryl methyl sites for hydroxylation is 1. The van der Waals surface area contributed by atoms with Crippen molar-refractivity contribution in [2.24, 2.45) is 0 Å². The highest BCUT2D eigenvalue weighted by molar-refractivity contribution is 7.99. The van der Waals surface area contributed by atoms with E-state index in [1.165, 1.54) is 24.6 Å². The average Bonchev–Trinajstić information content (AvgIpc) is 3.47. The second-order valence-electron chi connectivity index (χ2n) is 7.37. The number of esters is 1. The van der Waals surface area contributed by atoms with E-state index in [2.05, 4.69) is 25.8 Å². The second-order valence-corrected chi connectivity index (χ2v) is 8.31. The van der Waals surface area contributed by atoms with Crippen molar-refractivity contribution in [3.63, 3.8) is 0 Å². The van der Waals surface area contributed by atoms with E-state index in [4.69, 9.17) is 9.15 Å². The molecule has 2 aliphatic rings. The summed E-state index contributed by atoms with van der Waals surface area (Å²) in [6.07, 6.45) is 4.69. The van der Waals surface area contributed by atoms with Crippen LogP contribution in [0.2, 0.25) is 0 Å². The molecule has 3 N–H and O–H groups in total. The maximum atomic E-state index is 12.7. The Labute approximate surface area is 178 Å². The largest absolute Gasteiger partial charge is 0.464 e. The van der Waals surface area contributed by atoms with Gasteiger partial charge < -0.3 is 19.8 Å². The van der Waals surface area contributed by atoms with Gasteiger partial charge in [-0.15, -0.1) is 5.10 Å². The van der Waals surface area contributed by atoms with Crippen LogP contribution < -0.4 is 10.6 Å². The van der Waals surface area contributed by atoms with Gasteiger partial charge in [0, 0.05) is 17.4 Å². The van der Waals surface area contributed by atoms with Crippen LogP contribution in [0.4, 0.5) is 4.79 Å². The van der Waals surface area contributed by atoms with Gasteiger partial charge >= 0.3 is 12.0 Å². The summed E-state index contributed by atoms with van der Waals surface area (Å²) in [6.45, 7) is 3.78. The zero-order chi connectivity index (χ0) is 21.1. The van der Waals surface area contributed by atoms with Crippen molar-refractivity contribution < 1.29 is 18.7 Å². The fourth-order valence-electron chi connectivity index (χ4n) is 3.84. The van der Waals surface area contributed by atoms with Gasteiger partial charge in [0.2, 0.25) is 5.16 Å². The Balaban J connectivity index is 1.58. The Kier molecular flexibility index (Phi) is 6.12. The van der Waals surface area contributed by atoms with Crippen LogP contribution in [-0.2, 0) is 9.53 Å². The van der Waals surface area contributed by atoms with Crippen LogP contribution in [0.5, 0.6) is 0 Å². The molecule has 2 amide bonds. The van der Waals surface area contributed by atoms with Gasteiger partial charge in [0.25, 0.3) is 0 Å². The van der Waals surface area contributed by atoms with Crippen molar-refractivity contribution in [2.45, 2.75) is 56.6 Å². The molecule has 2 aromatic rings. The molecule has 4 rings (SSSR count). The summed E-state index contributed by atoms with van der Waals surface area (Å²) in [6, 6.07) is 2.42. The van der Waals surface area contributed by atoms with Gasteiger partial charge in [0.1, 0.15) is 23.4 Å². The summed E-state index contributed by atoms with van der Waals surface area (Å²) in [5.74, 6) is 2.34. The number of urea groups is 1. The number of amides is 2. The van der Waals surface area contributed by atoms with E-state index in [1.807, 2.05) is 6.92 Å². The van der Waals surface area contributed by atoms with Crippen LogP contribution in [0, 0.1) is 6.92 Å². The third-order valence-electron chi connectivity index (χ3n) is 5.26. The number of carbonyl (C=O) groups is 2. The third-order valence-corrected chi connectivity index (χ3v) is 6.14. The molecule has 1 atom stereocenters. The standard InChI is InChI=1S/C20H25N5O4S/c1-3-28-18(26)15-13(21-19(27)22-16(15)14-9-8-11(2)29-14)10-30-20-23-17(24-25-20)12-6-4-5-7-12/h8-9,12,16H,3-7,10H2,1-2H3,(H2,21,22,27)(H,23,24,25). The lowest BCUT2D eigenvalue weighted by Crippen LogP contribution is -2.46. The van der Waals surface area contributed by atoms with E-state index in [1.54, 1.807) is 19.1 Å². The highest BCUT2D eigenvalue weighted by atomic mass is 32.2. The fraction of sp³-hybridized carbons (Fsp3) is 0.500. The van der Waals surface area contributed by atoms with Gasteiger partial charge in [-0.05, 0) is 38.8 Å². The molecule has 1 aliphatic carbocycles. The van der Waals surface area contributed by atoms with Gasteiger partial charge in [0.05, 0.1) is 12.2 Å². The van der Waals surface area contributed by atoms with E-state index in [-0.39, 0.29) is 6.61 Å². The molecule has 30 heavy (non-hydrogen) atoms. The van der Waals surface area contributed by atoms with E-state index < -0.39 is 18.0 Å². The number of H-pyrrole nitrogens is 1. The first-order chi connectivity index (χ1) is 14.5. The van der Waals surface area contributed by atoms with Gasteiger partial charge in [-0.1, -0.05) is 24.6 Å². The molecule has 10 heteroatoms. The van der Waals surface area contributed by atoms with E-state index in [0.29, 0.717) is 39.6 Å². The Hall–Kier alpha value is -2.75. The maximum Gasteiger partial charge on any atom is 0.338 e. The molecule has 1 saturated carbocycles. The molecule has 0 saturated heterocycles. The normalized spacial score (nSPS) is 19.7. The number of nitrogens with one attached hydrogen (secondary N) is 3. The lowest BCUT2D eigenvalue weighted by atomic mass is 10.0. The first-order valence-electron chi connectivity index (χ1n) is 10.1. The fourth-order valence-corrected chi connectivity index (χ4v) is 4.62. The van der Waals surface area contributed by atoms with E-state index >= 15 is 0 Å². The quantitative estimate of drug-likeness (QED) is 0.454. The monoisotopic (exact) mass is 431 g/mol. The number of nitrogens with zero attached hydrogens (tertiary/aromatic N) is 2. The molecule has 9 nitrogen and oxygen atoms in total. The summed E-state index contributed by atoms with van der Waals surface area (Å²) < 4.78 is 10.9. The van der Waals surface area contributed by atoms with Gasteiger partial charge in [0.15, 0.2) is 0 Å². The number of rotatable bonds is 7. The Morgan fingerprint density at radius 1 is 1.33 bits per heavy atom. The number of ether oxygens (including phenoxy) is 1. The molecule has 0 bridgehead atoms. The first-order valence-corrected chi connectivity index (χ1v) is 11.1. The summed E-state index contributed by atoms with van der Waals surface area (Å²) in [4.78, 5) is 29.6. The molecule has 3 heterocycles. The topological polar surface area (TPSA) is 122 Å². The SMILES string of the molecule is CCOC(=O)C1=C(CSc2n[nH]c(C3CCCC3)n2)NC(=O)NC1c1ccc(C)o1. The molecule has 0 radical (unpaired) electrons. The molecule has 0 aromatic carbocycles. The maximum absolute atomic E-state index is 12.7. The van der Waals surface area contributed by atoms with Crippen molar-refractivity contribution in [2.75, 3.05) is 12.4 Å². The molecule has 0 spiro atoms. The minimum Gasteiger partial charge on any atom is -0.464 e. The number of furan rings is 1. The summed E-state index contributed by atoms with van der Waals surface area (Å²) in [7, 11) is 0. The predicted octanol–water partition coefficient (Wildman–Crippen LogP) is 3.33. The van der Waals surface area contributed by atoms with Crippen molar-refractivity contribution in [1.82, 2.24) is 25.8 Å². The van der Waals surface area contributed by atoms with Crippen molar-refractivity contribution >= 4 is 23.8 Å². The average molecular weight is 432 g/mol. The predicted molar refractivity (Wildman–Crippen MR) is 110 cm³/mol. The Bertz CT molecular complexity index is 960. The van der Waals surface area contributed by atoms with E-state index in [9.17, 15) is 9.59 Å². The van der Waals surface area contributed by atoms with Gasteiger partial charge in [-0.2, -0.15) is 0 Å². The summed E-state index contributed by atoms with van der Waals surface area (Å²) in [5.41, 5.74) is 0.790. The van der Waals surface area contributed by atoms with Crippen molar-refractivity contribution in [3.05, 3.63) is 40.7 Å². The molecule has 160 valence electrons. The van der Waals surface area contributed by atoms with E-state index in [0.717, 1.165) is 18.7 Å². The lowest BCUT2D eigenvalue weighted by Gasteiger charge is -2.27. The number of hydrogen-bond acceptors (Lipinski definition) is 7. The highest BCUT2D eigenvalue weighted by Crippen LogP contribution is 2.34. The number of aromatic nitrogens is 3. The molecule has 1 aliphatic heterocycles. The summed E-state index contributed by atoms with van der Waals surface area (Å²) in [5, 5.41) is 13.4. The van der Waals surface area contributed by atoms with Gasteiger partial charge in [-0.25, -0.2) is 14.6 Å². The minimum atomic E-state index is -0.719. The number of carbonyl (C=O) groups excluding carboxylic acids is 2. The van der Waals surface area contributed by atoms with Crippen LogP contribution in [0.3, 0.4) is 0 Å². The zero-order valence-electron chi connectivity index (χ0n) is 17.0. The zero-order valence-corrected chi connectivity index (χ0v) is 17.8. The smallest absolute Gasteiger partial charge is 0.338 e. The van der Waals surface area contributed by atoms with Gasteiger partial charge in [-0.3, -0.25) is 5.10 Å². The van der Waals surface area contributed by atoms with Crippen LogP contribution in [0.25, 0.3) is 0 Å². The molecular weight excluding hydrogens is 406 g/mol. The van der Waals surface area contributed by atoms with Crippen molar-refractivity contribution in [3.8, 4) is 0 Å². The number of hydrogen-bond donors (Lipinski definition) is 3. The Morgan fingerprint density at radius 3 is 2.83 bits per heavy atom. The lowest BCUT2D eigenvalue weighted by molar-refractivity contribution is -0.139. The summed E-state index contributed by atoms with van der Waals surface area (Å²) >= 11 is 1.36. The van der Waals surface area contributed by atoms with Crippen LogP contribution in [-0.4, -0.2) is 39.5 Å². The van der Waals surface area contributed by atoms with Crippen LogP contribution in [0.1, 0.15) is 61.9 Å². The van der Waals surface area contributed by atoms with Crippen LogP contribution >= 0.6 is 11.8 Å². The molecule has 2 aromatic heterocycles. The number of thioether (sulfide) groups is 1. The molecular formula is C20H25N5O4S. The minimum absolute atomic E-state index is 0.228.